The highest BCUT2D eigenvalue weighted by molar-refractivity contribution is 8.76. The van der Waals surface area contributed by atoms with E-state index in [1.54, 1.807) is 28.1 Å². The first-order valence-corrected chi connectivity index (χ1v) is 46.7. The fourth-order valence-electron chi connectivity index (χ4n) is 13.9. The van der Waals surface area contributed by atoms with Crippen LogP contribution in [0.5, 0.6) is 23.0 Å². The van der Waals surface area contributed by atoms with Crippen molar-refractivity contribution < 1.29 is 135 Å². The molecule has 3 aromatic carbocycles. The number of guanidine groups is 1. The average Bonchev–Trinajstić information content (AvgIpc) is 1.58. The molecule has 0 spiro atoms. The minimum Gasteiger partial charge on any atom is -0.493 e. The number of nitrogens with zero attached hydrogens (tertiary/aromatic N) is 7. The lowest BCUT2D eigenvalue weighted by molar-refractivity contribution is -0.143. The summed E-state index contributed by atoms with van der Waals surface area (Å²) in [6, 6.07) is 1.79. The third-order valence-corrected chi connectivity index (χ3v) is 23.3. The molecule has 3 aliphatic rings. The van der Waals surface area contributed by atoms with Crippen LogP contribution in [0.1, 0.15) is 127 Å². The smallest absolute Gasteiger partial charge is 0.411 e. The van der Waals surface area contributed by atoms with Gasteiger partial charge < -0.3 is 137 Å². The Balaban J connectivity index is 0.677. The number of nitrogen functional groups attached to an aromatic ring is 1. The molecule has 2 fully saturated rings. The average molecular weight is 2000 g/mol. The van der Waals surface area contributed by atoms with E-state index in [0.29, 0.717) is 90.9 Å². The lowest BCUT2D eigenvalue weighted by atomic mass is 10.1. The van der Waals surface area contributed by atoms with Gasteiger partial charge in [0.1, 0.15) is 43.9 Å². The van der Waals surface area contributed by atoms with Gasteiger partial charge in [0.2, 0.25) is 41.4 Å². The number of aromatic nitrogens is 4. The van der Waals surface area contributed by atoms with Gasteiger partial charge in [0.05, 0.1) is 159 Å². The number of carboxylic acids is 4. The predicted octanol–water partition coefficient (Wildman–Crippen LogP) is 1.74. The largest absolute Gasteiger partial charge is 0.493 e. The predicted molar refractivity (Wildman–Crippen MR) is 508 cm³/mol. The van der Waals surface area contributed by atoms with Crippen LogP contribution in [-0.4, -0.2) is 332 Å². The van der Waals surface area contributed by atoms with Crippen LogP contribution < -0.4 is 89.1 Å². The van der Waals surface area contributed by atoms with E-state index < -0.39 is 158 Å². The summed E-state index contributed by atoms with van der Waals surface area (Å²) >= 11 is 0. The third kappa shape index (κ3) is 37.1. The maximum absolute atomic E-state index is 14.4. The monoisotopic (exact) mass is 2000 g/mol. The van der Waals surface area contributed by atoms with Gasteiger partial charge >= 0.3 is 30.0 Å². The molecule has 140 heavy (non-hydrogen) atoms. The van der Waals surface area contributed by atoms with Gasteiger partial charge in [-0.25, -0.2) is 19.6 Å². The van der Waals surface area contributed by atoms with Crippen molar-refractivity contribution in [3.05, 3.63) is 112 Å². The van der Waals surface area contributed by atoms with Crippen molar-refractivity contribution in [2.75, 3.05) is 148 Å². The number of anilines is 3. The minimum atomic E-state index is -2.07. The molecule has 8 rings (SSSR count). The fourth-order valence-corrected chi connectivity index (χ4v) is 16.0. The molecule has 50 nitrogen and oxygen atoms in total. The molecule has 0 saturated carbocycles. The number of aliphatic carboxylic acids is 4. The van der Waals surface area contributed by atoms with E-state index in [9.17, 15) is 92.3 Å². The number of aromatic amines is 1. The van der Waals surface area contributed by atoms with Crippen LogP contribution >= 0.6 is 21.6 Å². The first-order chi connectivity index (χ1) is 67.1. The van der Waals surface area contributed by atoms with E-state index in [0.717, 1.165) is 11.1 Å². The maximum Gasteiger partial charge on any atom is 0.411 e. The van der Waals surface area contributed by atoms with Crippen molar-refractivity contribution in [3.63, 3.8) is 0 Å². The van der Waals surface area contributed by atoms with Crippen LogP contribution in [0.25, 0.3) is 11.2 Å². The highest BCUT2D eigenvalue weighted by atomic mass is 33.1. The molecule has 5 aromatic rings. The van der Waals surface area contributed by atoms with E-state index >= 15 is 0 Å². The number of hydrogen-bond acceptors (Lipinski definition) is 35. The van der Waals surface area contributed by atoms with Gasteiger partial charge in [0, 0.05) is 86.2 Å². The lowest BCUT2D eigenvalue weighted by Crippen LogP contribution is -2.59. The number of nitrogens with two attached hydrogens (primary N) is 2. The highest BCUT2D eigenvalue weighted by Gasteiger charge is 2.39. The first kappa shape index (κ1) is 111. The van der Waals surface area contributed by atoms with Gasteiger partial charge in [-0.2, -0.15) is 4.98 Å². The summed E-state index contributed by atoms with van der Waals surface area (Å²) in [6.45, 7) is 11.7. The summed E-state index contributed by atoms with van der Waals surface area (Å²) < 4.78 is 51.3. The molecule has 0 bridgehead atoms. The molecule has 20 N–H and O–H groups in total. The zero-order valence-electron chi connectivity index (χ0n) is 77.4. The van der Waals surface area contributed by atoms with Crippen LogP contribution in [0.4, 0.5) is 27.8 Å². The van der Waals surface area contributed by atoms with Crippen LogP contribution in [0.3, 0.4) is 0 Å². The molecule has 5 heterocycles. The van der Waals surface area contributed by atoms with Crippen molar-refractivity contribution in [2.24, 2.45) is 15.9 Å². The number of rotatable bonds is 63. The van der Waals surface area contributed by atoms with E-state index in [-0.39, 0.29) is 174 Å². The number of carbonyl (C=O) groups is 14. The number of methoxy groups -OCH3 is 2. The van der Waals surface area contributed by atoms with Crippen molar-refractivity contribution in [1.29, 1.82) is 5.41 Å². The summed E-state index contributed by atoms with van der Waals surface area (Å²) in [5.74, 6) is -12.7. The molecule has 1 unspecified atom stereocenters. The summed E-state index contributed by atoms with van der Waals surface area (Å²) in [7, 11) is 7.22. The number of likely N-dealkylation sites (tertiary alicyclic amines) is 1. The molecule has 2 aromatic heterocycles. The number of H-pyrrole nitrogens is 1. The number of carboxylic acid groups (broad SMARTS) is 4. The summed E-state index contributed by atoms with van der Waals surface area (Å²) in [5, 5.41) is 75.1. The second-order valence-corrected chi connectivity index (χ2v) is 34.3. The van der Waals surface area contributed by atoms with Gasteiger partial charge in [-0.3, -0.25) is 83.0 Å². The van der Waals surface area contributed by atoms with Crippen molar-refractivity contribution in [2.45, 2.75) is 145 Å². The third-order valence-electron chi connectivity index (χ3n) is 20.8. The molecule has 3 aliphatic heterocycles. The number of hydrogen-bond donors (Lipinski definition) is 18. The summed E-state index contributed by atoms with van der Waals surface area (Å²) in [4.78, 5) is 223. The molecular formula is C88H117N21O29S2. The van der Waals surface area contributed by atoms with Crippen LogP contribution in [0, 0.1) is 5.41 Å². The Hall–Kier alpha value is -14.5. The van der Waals surface area contributed by atoms with Crippen molar-refractivity contribution in [3.8, 4) is 23.0 Å². The number of carbonyl (C=O) groups excluding carboxylic acids is 10. The number of aliphatic imine (C=N–C) groups is 1. The van der Waals surface area contributed by atoms with E-state index in [4.69, 9.17) is 64.3 Å². The Bertz CT molecular complexity index is 5350. The summed E-state index contributed by atoms with van der Waals surface area (Å²) in [5.41, 5.74) is 14.0. The molecule has 760 valence electrons. The fraction of sp³-hybridized carbons (Fsp3) is 0.489. The van der Waals surface area contributed by atoms with Gasteiger partial charge in [0.25, 0.3) is 23.3 Å². The molecule has 0 radical (unpaired) electrons. The van der Waals surface area contributed by atoms with Gasteiger partial charge in [-0.1, -0.05) is 51.0 Å². The zero-order chi connectivity index (χ0) is 102. The maximum atomic E-state index is 14.4. The quantitative estimate of drug-likeness (QED) is 0.00658. The molecule has 8 atom stereocenters. The SMILES string of the molecule is C=C1CC2C=Nc3cc(OCCCCCOc4cc(NC(=O)OCCSSC[C@@H](C)NC(=O)CCOCCOCCOCCOCCNC(=O)[C@H](CC(=O)O)NC(=O)[C@H](CC(=O)O)NC(=O)[C@H](CCCNC(=N)N)NC(=O)[C@H](CC(=O)O)NC(=O)CC[C@H](NC(=O)c5ccc(NCc6cnc7nc(N)[nH]c(=O)c7n6)cc5)C(=O)O)c(C(=O)N5CC(=C)C[C@H]5/C=N/OC)cc4OC)c(OC)cc3C(=O)N2C1. The second kappa shape index (κ2) is 57.6. The normalized spacial score (nSPS) is 14.9. The molecular weight excluding hydrogens is 1880 g/mol. The Morgan fingerprint density at radius 1 is 0.636 bits per heavy atom. The van der Waals surface area contributed by atoms with Crippen molar-refractivity contribution in [1.82, 2.24) is 72.3 Å². The number of amides is 10. The highest BCUT2D eigenvalue weighted by Crippen LogP contribution is 2.40. The molecule has 0 aliphatic carbocycles. The molecule has 10 amide bonds. The van der Waals surface area contributed by atoms with Gasteiger partial charge in [-0.15, -0.1) is 0 Å². The van der Waals surface area contributed by atoms with E-state index in [2.05, 4.69) is 96.4 Å². The Morgan fingerprint density at radius 3 is 1.87 bits per heavy atom. The Kier molecular flexibility index (Phi) is 45.6. The van der Waals surface area contributed by atoms with Crippen LogP contribution in [0.15, 0.2) is 94.0 Å². The van der Waals surface area contributed by atoms with Crippen LogP contribution in [0.2, 0.25) is 0 Å². The number of fused-ring (bicyclic) bond motifs is 3. The number of ether oxygens (including phenoxy) is 9. The van der Waals surface area contributed by atoms with Gasteiger partial charge in [-0.05, 0) is 94.7 Å². The van der Waals surface area contributed by atoms with Gasteiger partial charge in [0.15, 0.2) is 40.1 Å². The van der Waals surface area contributed by atoms with E-state index in [1.165, 1.54) is 91.7 Å². The lowest BCUT2D eigenvalue weighted by Gasteiger charge is -2.26. The molecule has 52 heteroatoms. The summed E-state index contributed by atoms with van der Waals surface area (Å²) in [6.07, 6.45) is 1.79. The zero-order valence-corrected chi connectivity index (χ0v) is 79.0. The topological polar surface area (TPSA) is 711 Å². The Labute approximate surface area is 810 Å². The number of oxime groups is 1. The number of benzene rings is 3. The van der Waals surface area contributed by atoms with E-state index in [1.807, 2.05) is 6.92 Å². The number of unbranched alkanes of at least 4 members (excludes halogenated alkanes) is 2. The van der Waals surface area contributed by atoms with Crippen LogP contribution in [-0.2, 0) is 83.0 Å². The molecule has 2 saturated heterocycles. The van der Waals surface area contributed by atoms with Crippen molar-refractivity contribution >= 4 is 157 Å². The Morgan fingerprint density at radius 2 is 1.24 bits per heavy atom. The number of nitrogens with one attached hydrogen (secondary N) is 12. The second-order valence-electron chi connectivity index (χ2n) is 31.7. The first-order valence-electron chi connectivity index (χ1n) is 44.3. The minimum absolute atomic E-state index is 0.00285. The standard InChI is InChI=1S/C88H117N21O29S2/c1-49-33-55-44-95-61-37-68(66(129-4)35-57(61)83(124)108(55)46-49)136-21-8-7-9-22-137-69-38-62(58(36-67(69)130-5)84(125)109-47-50(2)34-56(109)45-97-131-6)105-88(128)138-31-32-139-140-48-51(3)98-71(111)18-23-132-25-27-134-29-30-135-28-26-133-24-20-92-78(119)63(39-72(112)113)103-81(122)65(41-74(116)117)104-79(120)59(11-10-19-93-86(89)90)101-80(121)64(40-73(114)115)100-70(110)17-16-60(85(126)127)102-77(118)52-12-14-53(15-13-52)94-42-54-43-96-76-75(99-54)82(123)107-87(91)106-76/h12-15,35-38,43-45,51,55-56,59-60,63-65,94H,1-2,7-11,16-34,39-42,46-48H2,3-6H3,(H,92,119)(H,98,111)(H,100,110)(H,101,121)(H,102,118)(H,103,122)(H,104,120)(H,105,128)(H,112,113)(H,114,115)(H,116,117)(H,126,127)(H4,89,90,93)(H3,91,96,106,107,123)/b97-45+/t51-,55?,56+,59+,60+,63+,64+,65+/m1/s1.